The number of carbonyl (C=O) groups excluding carboxylic acids is 2. The Bertz CT molecular complexity index is 1010. The van der Waals surface area contributed by atoms with Crippen LogP contribution >= 0.6 is 11.3 Å². The molecule has 1 amide bonds. The first-order valence-electron chi connectivity index (χ1n) is 13.0. The van der Waals surface area contributed by atoms with Crippen molar-refractivity contribution in [1.29, 1.82) is 0 Å². The number of ether oxygens (including phenoxy) is 1. The Kier molecular flexibility index (Phi) is 9.23. The van der Waals surface area contributed by atoms with E-state index >= 15 is 0 Å². The third-order valence-electron chi connectivity index (χ3n) is 6.99. The molecule has 1 unspecified atom stereocenters. The van der Waals surface area contributed by atoms with Gasteiger partial charge in [0.15, 0.2) is 0 Å². The van der Waals surface area contributed by atoms with Crippen molar-refractivity contribution in [1.82, 2.24) is 0 Å². The molecular formula is C28H40N2O5S. The van der Waals surface area contributed by atoms with Crippen molar-refractivity contribution < 1.29 is 24.2 Å². The molecule has 2 saturated carbocycles. The largest absolute Gasteiger partial charge is 0.477 e. The second-order valence-corrected chi connectivity index (χ2v) is 12.5. The van der Waals surface area contributed by atoms with Gasteiger partial charge >= 0.3 is 11.9 Å². The first kappa shape index (κ1) is 28.2. The SMILES string of the molecule is CC1CCC(C(=O)N(c2cc(C#CC(C)(C)C)sc2C(=O)O)C2CCC(OC(=O)C(C)N)CC2)CC1. The summed E-state index contributed by atoms with van der Waals surface area (Å²) in [6.45, 7) is 9.82. The van der Waals surface area contributed by atoms with Crippen LogP contribution in [0, 0.1) is 29.1 Å². The van der Waals surface area contributed by atoms with Crippen molar-refractivity contribution in [3.8, 4) is 11.8 Å². The number of carbonyl (C=O) groups is 3. The monoisotopic (exact) mass is 516 g/mol. The average molecular weight is 517 g/mol. The first-order chi connectivity index (χ1) is 16.9. The maximum absolute atomic E-state index is 14.0. The molecule has 2 aliphatic rings. The van der Waals surface area contributed by atoms with Crippen LogP contribution in [0.15, 0.2) is 6.07 Å². The predicted octanol–water partition coefficient (Wildman–Crippen LogP) is 5.20. The van der Waals surface area contributed by atoms with Gasteiger partial charge in [0.2, 0.25) is 5.91 Å². The summed E-state index contributed by atoms with van der Waals surface area (Å²) in [4.78, 5) is 40.7. The molecule has 0 saturated heterocycles. The van der Waals surface area contributed by atoms with Gasteiger partial charge in [-0.25, -0.2) is 4.79 Å². The molecule has 198 valence electrons. The summed E-state index contributed by atoms with van der Waals surface area (Å²) in [5.74, 6) is 5.32. The van der Waals surface area contributed by atoms with Crippen molar-refractivity contribution in [3.05, 3.63) is 15.8 Å². The van der Waals surface area contributed by atoms with Gasteiger partial charge in [0.25, 0.3) is 0 Å². The molecule has 0 radical (unpaired) electrons. The lowest BCUT2D eigenvalue weighted by Crippen LogP contribution is -2.47. The van der Waals surface area contributed by atoms with E-state index in [4.69, 9.17) is 10.5 Å². The number of hydrogen-bond donors (Lipinski definition) is 2. The van der Waals surface area contributed by atoms with Gasteiger partial charge in [-0.05, 0) is 91.0 Å². The molecule has 1 heterocycles. The number of carboxylic acids is 1. The number of rotatable bonds is 6. The number of nitrogens with zero attached hydrogens (tertiary/aromatic N) is 1. The standard InChI is InChI=1S/C28H40N2O5S/c1-17-6-8-19(9-7-17)25(31)30(20-10-12-21(13-11-20)35-27(34)18(2)29)23-16-22(14-15-28(3,4)5)36-24(23)26(32)33/h16-21H,6-13,29H2,1-5H3,(H,32,33). The first-order valence-corrected chi connectivity index (χ1v) is 13.9. The molecule has 2 aliphatic carbocycles. The summed E-state index contributed by atoms with van der Waals surface area (Å²) >= 11 is 1.13. The van der Waals surface area contributed by atoms with Crippen LogP contribution in [0.5, 0.6) is 0 Å². The molecule has 8 heteroatoms. The highest BCUT2D eigenvalue weighted by Gasteiger charge is 2.38. The number of nitrogens with two attached hydrogens (primary N) is 1. The van der Waals surface area contributed by atoms with E-state index < -0.39 is 18.0 Å². The fraction of sp³-hybridized carbons (Fsp3) is 0.679. The topological polar surface area (TPSA) is 110 Å². The highest BCUT2D eigenvalue weighted by Crippen LogP contribution is 2.39. The highest BCUT2D eigenvalue weighted by molar-refractivity contribution is 7.15. The lowest BCUT2D eigenvalue weighted by Gasteiger charge is -2.39. The molecule has 0 spiro atoms. The number of hydrogen-bond acceptors (Lipinski definition) is 6. The predicted molar refractivity (Wildman–Crippen MR) is 142 cm³/mol. The van der Waals surface area contributed by atoms with Crippen molar-refractivity contribution >= 4 is 34.9 Å². The molecule has 1 aromatic heterocycles. The van der Waals surface area contributed by atoms with Crippen LogP contribution in [0.4, 0.5) is 5.69 Å². The van der Waals surface area contributed by atoms with Gasteiger partial charge in [0.05, 0.1) is 10.6 Å². The quantitative estimate of drug-likeness (QED) is 0.397. The Hall–Kier alpha value is -2.37. The maximum atomic E-state index is 14.0. The summed E-state index contributed by atoms with van der Waals surface area (Å²) in [7, 11) is 0. The Morgan fingerprint density at radius 2 is 1.72 bits per heavy atom. The average Bonchev–Trinajstić information content (AvgIpc) is 3.23. The van der Waals surface area contributed by atoms with Crippen LogP contribution in [0.3, 0.4) is 0 Å². The molecule has 0 aliphatic heterocycles. The van der Waals surface area contributed by atoms with Gasteiger partial charge < -0.3 is 20.5 Å². The van der Waals surface area contributed by atoms with E-state index in [-0.39, 0.29) is 34.3 Å². The van der Waals surface area contributed by atoms with Crippen LogP contribution in [-0.4, -0.2) is 41.1 Å². The molecule has 0 aromatic carbocycles. The second kappa shape index (κ2) is 11.8. The fourth-order valence-corrected chi connectivity index (χ4v) is 5.76. The summed E-state index contributed by atoms with van der Waals surface area (Å²) in [6.07, 6.45) is 5.89. The molecule has 3 N–H and O–H groups in total. The van der Waals surface area contributed by atoms with Gasteiger partial charge in [-0.15, -0.1) is 11.3 Å². The number of esters is 1. The van der Waals surface area contributed by atoms with E-state index in [9.17, 15) is 19.5 Å². The number of anilines is 1. The van der Waals surface area contributed by atoms with E-state index in [1.807, 2.05) is 20.8 Å². The lowest BCUT2D eigenvalue weighted by atomic mass is 9.81. The van der Waals surface area contributed by atoms with Gasteiger partial charge in [-0.3, -0.25) is 9.59 Å². The molecule has 36 heavy (non-hydrogen) atoms. The maximum Gasteiger partial charge on any atom is 0.348 e. The molecule has 0 bridgehead atoms. The zero-order valence-corrected chi connectivity index (χ0v) is 23.0. The number of carboxylic acid groups (broad SMARTS) is 1. The Morgan fingerprint density at radius 3 is 2.25 bits per heavy atom. The molecule has 7 nitrogen and oxygen atoms in total. The van der Waals surface area contributed by atoms with E-state index in [2.05, 4.69) is 18.8 Å². The van der Waals surface area contributed by atoms with Gasteiger partial charge in [0.1, 0.15) is 17.0 Å². The van der Waals surface area contributed by atoms with E-state index in [0.29, 0.717) is 42.2 Å². The smallest absolute Gasteiger partial charge is 0.348 e. The minimum absolute atomic E-state index is 0.00792. The van der Waals surface area contributed by atoms with Crippen LogP contribution in [0.1, 0.15) is 101 Å². The van der Waals surface area contributed by atoms with Crippen molar-refractivity contribution in [2.45, 2.75) is 104 Å². The van der Waals surface area contributed by atoms with E-state index in [1.54, 1.807) is 17.9 Å². The van der Waals surface area contributed by atoms with Crippen LogP contribution in [0.2, 0.25) is 0 Å². The molecule has 3 rings (SSSR count). The van der Waals surface area contributed by atoms with Crippen molar-refractivity contribution in [2.24, 2.45) is 23.0 Å². The number of amides is 1. The van der Waals surface area contributed by atoms with Gasteiger partial charge in [0, 0.05) is 17.4 Å². The molecule has 1 aromatic rings. The highest BCUT2D eigenvalue weighted by atomic mass is 32.1. The minimum atomic E-state index is -1.05. The van der Waals surface area contributed by atoms with Crippen LogP contribution in [-0.2, 0) is 14.3 Å². The molecule has 1 atom stereocenters. The van der Waals surface area contributed by atoms with Crippen LogP contribution < -0.4 is 10.6 Å². The molecular weight excluding hydrogens is 476 g/mol. The number of thiophene rings is 1. The normalized spacial score (nSPS) is 25.3. The fourth-order valence-electron chi connectivity index (χ4n) is 4.92. The zero-order valence-electron chi connectivity index (χ0n) is 22.1. The number of aromatic carboxylic acids is 1. The lowest BCUT2D eigenvalue weighted by molar-refractivity contribution is -0.152. The summed E-state index contributed by atoms with van der Waals surface area (Å²) in [6, 6.07) is 0.947. The molecule has 2 fully saturated rings. The van der Waals surface area contributed by atoms with Gasteiger partial charge in [-0.2, -0.15) is 0 Å². The summed E-state index contributed by atoms with van der Waals surface area (Å²) in [5.41, 5.74) is 5.87. The van der Waals surface area contributed by atoms with Crippen molar-refractivity contribution in [2.75, 3.05) is 4.90 Å². The summed E-state index contributed by atoms with van der Waals surface area (Å²) < 4.78 is 5.53. The third-order valence-corrected chi connectivity index (χ3v) is 8.02. The second-order valence-electron chi connectivity index (χ2n) is 11.5. The van der Waals surface area contributed by atoms with E-state index in [1.165, 1.54) is 0 Å². The van der Waals surface area contributed by atoms with Crippen LogP contribution in [0.25, 0.3) is 0 Å². The Balaban J connectivity index is 1.92. The summed E-state index contributed by atoms with van der Waals surface area (Å²) in [5, 5.41) is 10.0. The zero-order chi connectivity index (χ0) is 26.6. The van der Waals surface area contributed by atoms with Gasteiger partial charge in [-0.1, -0.05) is 18.8 Å². The Morgan fingerprint density at radius 1 is 1.11 bits per heavy atom. The minimum Gasteiger partial charge on any atom is -0.477 e. The van der Waals surface area contributed by atoms with E-state index in [0.717, 1.165) is 37.0 Å². The Labute approximate surface area is 218 Å². The third kappa shape index (κ3) is 7.33. The van der Waals surface area contributed by atoms with Crippen molar-refractivity contribution in [3.63, 3.8) is 0 Å².